The molecule has 226 valence electrons. The second kappa shape index (κ2) is 11.4. The number of halogens is 4. The molecule has 43 heavy (non-hydrogen) atoms. The molecule has 0 bridgehead atoms. The van der Waals surface area contributed by atoms with Crippen molar-refractivity contribution < 1.29 is 30.8 Å². The number of rotatable bonds is 6. The molecular formula is C31H30F4N4O3S. The third-order valence-electron chi connectivity index (χ3n) is 8.24. The summed E-state index contributed by atoms with van der Waals surface area (Å²) < 4.78 is 79.2. The van der Waals surface area contributed by atoms with Crippen LogP contribution in [0.2, 0.25) is 0 Å². The fourth-order valence-corrected chi connectivity index (χ4v) is 7.34. The van der Waals surface area contributed by atoms with E-state index in [2.05, 4.69) is 15.2 Å². The molecular weight excluding hydrogens is 584 g/mol. The van der Waals surface area contributed by atoms with Gasteiger partial charge < -0.3 is 10.3 Å². The lowest BCUT2D eigenvalue weighted by Gasteiger charge is -2.31. The molecule has 4 aromatic rings. The van der Waals surface area contributed by atoms with E-state index in [0.29, 0.717) is 31.5 Å². The van der Waals surface area contributed by atoms with E-state index in [0.717, 1.165) is 65.0 Å². The van der Waals surface area contributed by atoms with Gasteiger partial charge in [0.2, 0.25) is 10.0 Å². The van der Waals surface area contributed by atoms with Gasteiger partial charge in [0, 0.05) is 67.3 Å². The Kier molecular flexibility index (Phi) is 7.78. The molecule has 6 rings (SSSR count). The summed E-state index contributed by atoms with van der Waals surface area (Å²) in [5.41, 5.74) is 3.70. The number of nitrogens with one attached hydrogen (secondary N) is 2. The van der Waals surface area contributed by atoms with E-state index in [4.69, 9.17) is 0 Å². The lowest BCUT2D eigenvalue weighted by atomic mass is 10.0. The number of alkyl halides is 3. The third-order valence-corrected chi connectivity index (χ3v) is 10.2. The Hall–Kier alpha value is -3.74. The first-order chi connectivity index (χ1) is 20.5. The average Bonchev–Trinajstić information content (AvgIpc) is 3.35. The quantitative estimate of drug-likeness (QED) is 0.282. The number of aromatic nitrogens is 1. The van der Waals surface area contributed by atoms with Gasteiger partial charge in [-0.3, -0.25) is 9.69 Å². The van der Waals surface area contributed by atoms with E-state index in [1.54, 1.807) is 6.07 Å². The highest BCUT2D eigenvalue weighted by molar-refractivity contribution is 7.89. The maximum Gasteiger partial charge on any atom is 0.416 e. The predicted molar refractivity (Wildman–Crippen MR) is 153 cm³/mol. The van der Waals surface area contributed by atoms with Gasteiger partial charge in [-0.2, -0.15) is 17.5 Å². The third kappa shape index (κ3) is 6.17. The van der Waals surface area contributed by atoms with Crippen molar-refractivity contribution in [2.24, 2.45) is 0 Å². The van der Waals surface area contributed by atoms with Crippen molar-refractivity contribution in [3.05, 3.63) is 100 Å². The zero-order chi connectivity index (χ0) is 30.4. The molecule has 0 spiro atoms. The van der Waals surface area contributed by atoms with E-state index >= 15 is 0 Å². The van der Waals surface area contributed by atoms with Gasteiger partial charge in [-0.05, 0) is 78.6 Å². The number of hydrogen-bond donors (Lipinski definition) is 2. The van der Waals surface area contributed by atoms with Gasteiger partial charge in [-0.1, -0.05) is 12.1 Å². The van der Waals surface area contributed by atoms with Crippen LogP contribution < -0.4 is 5.32 Å². The number of nitrogens with zero attached hydrogens (tertiary/aromatic N) is 2. The molecule has 1 saturated heterocycles. The first kappa shape index (κ1) is 29.3. The molecule has 3 aromatic carbocycles. The number of H-pyrrole nitrogens is 1. The van der Waals surface area contributed by atoms with E-state index in [1.165, 1.54) is 28.6 Å². The van der Waals surface area contributed by atoms with Crippen LogP contribution in [0, 0.1) is 5.82 Å². The number of aromatic amines is 1. The Balaban J connectivity index is 1.10. The minimum absolute atomic E-state index is 0.0393. The highest BCUT2D eigenvalue weighted by Crippen LogP contribution is 2.31. The SMILES string of the molecule is O=C(NC1CCN(S(=O)(=O)c2ccc(F)cc2)CC1)c1ccc2[nH]c3c(c2c1)CN(Cc1ccc(C(F)(F)F)cc1)CC3. The van der Waals surface area contributed by atoms with Crippen LogP contribution in [-0.2, 0) is 35.7 Å². The van der Waals surface area contributed by atoms with Crippen molar-refractivity contribution in [2.45, 2.75) is 49.5 Å². The van der Waals surface area contributed by atoms with Crippen LogP contribution in [0.4, 0.5) is 17.6 Å². The smallest absolute Gasteiger partial charge is 0.358 e. The number of hydrogen-bond acceptors (Lipinski definition) is 4. The van der Waals surface area contributed by atoms with E-state index < -0.39 is 27.6 Å². The first-order valence-corrected chi connectivity index (χ1v) is 15.5. The van der Waals surface area contributed by atoms with Crippen LogP contribution >= 0.6 is 0 Å². The van der Waals surface area contributed by atoms with Crippen molar-refractivity contribution in [3.63, 3.8) is 0 Å². The summed E-state index contributed by atoms with van der Waals surface area (Å²) in [4.78, 5) is 18.9. The van der Waals surface area contributed by atoms with Gasteiger partial charge in [0.05, 0.1) is 10.5 Å². The topological polar surface area (TPSA) is 85.5 Å². The lowest BCUT2D eigenvalue weighted by Crippen LogP contribution is -2.46. The monoisotopic (exact) mass is 614 g/mol. The maximum atomic E-state index is 13.2. The minimum atomic E-state index is -4.37. The number of carbonyl (C=O) groups is 1. The summed E-state index contributed by atoms with van der Waals surface area (Å²) in [6.45, 7) is 2.35. The van der Waals surface area contributed by atoms with Gasteiger partial charge >= 0.3 is 6.18 Å². The normalized spacial score (nSPS) is 17.2. The molecule has 2 N–H and O–H groups in total. The standard InChI is InChI=1S/C31H30F4N4O3S/c32-23-6-8-25(9-7-23)43(41,42)39-15-11-24(12-16-39)36-30(40)21-3-10-28-26(17-21)27-19-38(14-13-29(27)37-28)18-20-1-4-22(5-2-20)31(33,34)35/h1-10,17,24,37H,11-16,18-19H2,(H,36,40). The number of sulfonamides is 1. The molecule has 12 heteroatoms. The second-order valence-corrected chi connectivity index (χ2v) is 13.0. The molecule has 3 heterocycles. The highest BCUT2D eigenvalue weighted by atomic mass is 32.2. The number of piperidine rings is 1. The van der Waals surface area contributed by atoms with Gasteiger partial charge in [-0.15, -0.1) is 0 Å². The van der Waals surface area contributed by atoms with Crippen LogP contribution in [0.3, 0.4) is 0 Å². The molecule has 7 nitrogen and oxygen atoms in total. The van der Waals surface area contributed by atoms with Crippen molar-refractivity contribution in [3.8, 4) is 0 Å². The Morgan fingerprint density at radius 2 is 1.65 bits per heavy atom. The lowest BCUT2D eigenvalue weighted by molar-refractivity contribution is -0.137. The van der Waals surface area contributed by atoms with Crippen molar-refractivity contribution in [1.82, 2.24) is 19.5 Å². The molecule has 0 unspecified atom stereocenters. The number of fused-ring (bicyclic) bond motifs is 3. The van der Waals surface area contributed by atoms with Crippen LogP contribution in [0.5, 0.6) is 0 Å². The molecule has 1 amide bonds. The molecule has 0 saturated carbocycles. The molecule has 0 radical (unpaired) electrons. The Labute approximate surface area is 246 Å². The van der Waals surface area contributed by atoms with E-state index in [1.807, 2.05) is 12.1 Å². The zero-order valence-corrected chi connectivity index (χ0v) is 23.9. The second-order valence-electron chi connectivity index (χ2n) is 11.1. The molecule has 2 aliphatic rings. The average molecular weight is 615 g/mol. The summed E-state index contributed by atoms with van der Waals surface area (Å²) in [6, 6.07) is 15.3. The van der Waals surface area contributed by atoms with Gasteiger partial charge in [0.15, 0.2) is 0 Å². The number of amides is 1. The summed E-state index contributed by atoms with van der Waals surface area (Å²) >= 11 is 0. The van der Waals surface area contributed by atoms with Gasteiger partial charge in [-0.25, -0.2) is 12.8 Å². The molecule has 1 fully saturated rings. The molecule has 2 aliphatic heterocycles. The van der Waals surface area contributed by atoms with Crippen LogP contribution in [0.25, 0.3) is 10.9 Å². The molecule has 0 aliphatic carbocycles. The predicted octanol–water partition coefficient (Wildman–Crippen LogP) is 5.47. The van der Waals surface area contributed by atoms with Gasteiger partial charge in [0.1, 0.15) is 5.82 Å². The Morgan fingerprint density at radius 1 is 0.953 bits per heavy atom. The number of benzene rings is 3. The summed E-state index contributed by atoms with van der Waals surface area (Å²) in [6.07, 6.45) is -2.71. The van der Waals surface area contributed by atoms with Crippen LogP contribution in [-0.4, -0.2) is 54.2 Å². The fourth-order valence-electron chi connectivity index (χ4n) is 5.87. The summed E-state index contributed by atoms with van der Waals surface area (Å²) in [7, 11) is -3.74. The van der Waals surface area contributed by atoms with Gasteiger partial charge in [0.25, 0.3) is 5.91 Å². The van der Waals surface area contributed by atoms with E-state index in [9.17, 15) is 30.8 Å². The highest BCUT2D eigenvalue weighted by Gasteiger charge is 2.31. The van der Waals surface area contributed by atoms with Crippen LogP contribution in [0.1, 0.15) is 45.6 Å². The van der Waals surface area contributed by atoms with Crippen molar-refractivity contribution >= 4 is 26.8 Å². The fraction of sp³-hybridized carbons (Fsp3) is 0.323. The van der Waals surface area contributed by atoms with Crippen molar-refractivity contribution in [2.75, 3.05) is 19.6 Å². The minimum Gasteiger partial charge on any atom is -0.358 e. The summed E-state index contributed by atoms with van der Waals surface area (Å²) in [5, 5.41) is 3.97. The Morgan fingerprint density at radius 3 is 2.33 bits per heavy atom. The Bertz CT molecular complexity index is 1740. The van der Waals surface area contributed by atoms with Crippen LogP contribution in [0.15, 0.2) is 71.6 Å². The van der Waals surface area contributed by atoms with E-state index in [-0.39, 0.29) is 29.9 Å². The summed E-state index contributed by atoms with van der Waals surface area (Å²) in [5.74, 6) is -0.747. The zero-order valence-electron chi connectivity index (χ0n) is 23.1. The largest absolute Gasteiger partial charge is 0.416 e. The van der Waals surface area contributed by atoms with Crippen molar-refractivity contribution in [1.29, 1.82) is 0 Å². The maximum absolute atomic E-state index is 13.2. The molecule has 0 atom stereocenters. The first-order valence-electron chi connectivity index (χ1n) is 14.1. The number of carbonyl (C=O) groups excluding carboxylic acids is 1. The molecule has 1 aromatic heterocycles.